The highest BCUT2D eigenvalue weighted by atomic mass is 31.1. The van der Waals surface area contributed by atoms with Crippen LogP contribution in [-0.2, 0) is 0 Å². The Kier molecular flexibility index (Phi) is 8.91. The molecular formula is C36H62P2. The Morgan fingerprint density at radius 2 is 0.684 bits per heavy atom. The molecule has 216 valence electrons. The van der Waals surface area contributed by atoms with E-state index in [1.807, 2.05) is 0 Å². The van der Waals surface area contributed by atoms with Crippen LogP contribution in [0, 0.1) is 22.7 Å². The SMILES string of the molecule is C1CCC(P(CC23CC4CC(C2)CC(CP(C2CCCCC2)C2CCCCC2)(C4)C3)C2CCCCC2)CC1. The molecule has 38 heavy (non-hydrogen) atoms. The monoisotopic (exact) mass is 556 g/mol. The zero-order valence-corrected chi connectivity index (χ0v) is 26.9. The van der Waals surface area contributed by atoms with Gasteiger partial charge in [0.2, 0.25) is 0 Å². The third kappa shape index (κ3) is 6.00. The second-order valence-electron chi connectivity index (χ2n) is 16.5. The maximum absolute atomic E-state index is 1.76. The van der Waals surface area contributed by atoms with Crippen LogP contribution in [0.4, 0.5) is 0 Å². The zero-order chi connectivity index (χ0) is 25.4. The zero-order valence-electron chi connectivity index (χ0n) is 25.2. The Hall–Kier alpha value is 0.860. The molecule has 8 fully saturated rings. The van der Waals surface area contributed by atoms with Crippen molar-refractivity contribution in [2.24, 2.45) is 22.7 Å². The molecule has 0 spiro atoms. The molecule has 0 aromatic carbocycles. The summed E-state index contributed by atoms with van der Waals surface area (Å²) in [7, 11) is 0.561. The maximum Gasteiger partial charge on any atom is -0.0207 e. The van der Waals surface area contributed by atoms with Gasteiger partial charge in [-0.1, -0.05) is 92.9 Å². The topological polar surface area (TPSA) is 0 Å². The Morgan fingerprint density at radius 3 is 0.974 bits per heavy atom. The van der Waals surface area contributed by atoms with Crippen molar-refractivity contribution in [1.29, 1.82) is 0 Å². The second-order valence-corrected chi connectivity index (χ2v) is 22.1. The Morgan fingerprint density at radius 1 is 0.395 bits per heavy atom. The Balaban J connectivity index is 1.13. The van der Waals surface area contributed by atoms with Crippen molar-refractivity contribution in [3.8, 4) is 0 Å². The summed E-state index contributed by atoms with van der Waals surface area (Å²) in [5.74, 6) is 2.28. The van der Waals surface area contributed by atoms with Crippen LogP contribution >= 0.6 is 15.8 Å². The van der Waals surface area contributed by atoms with Crippen molar-refractivity contribution in [1.82, 2.24) is 0 Å². The first-order valence-corrected chi connectivity index (χ1v) is 21.5. The average Bonchev–Trinajstić information content (AvgIpc) is 2.96. The van der Waals surface area contributed by atoms with Gasteiger partial charge in [0.15, 0.2) is 0 Å². The van der Waals surface area contributed by atoms with Gasteiger partial charge in [0.25, 0.3) is 0 Å². The quantitative estimate of drug-likeness (QED) is 0.261. The lowest BCUT2D eigenvalue weighted by atomic mass is 9.45. The van der Waals surface area contributed by atoms with E-state index in [2.05, 4.69) is 0 Å². The molecular weight excluding hydrogens is 494 g/mol. The molecule has 0 nitrogen and oxygen atoms in total. The third-order valence-corrected chi connectivity index (χ3v) is 21.4. The largest absolute Gasteiger partial charge is 0.0998 e. The molecule has 0 aliphatic heterocycles. The predicted octanol–water partition coefficient (Wildman–Crippen LogP) is 11.9. The molecule has 0 unspecified atom stereocenters. The lowest BCUT2D eigenvalue weighted by Crippen LogP contribution is -2.55. The molecule has 0 aromatic rings. The molecule has 8 rings (SSSR count). The molecule has 2 heteroatoms. The number of hydrogen-bond acceptors (Lipinski definition) is 0. The normalized spacial score (nSPS) is 39.9. The van der Waals surface area contributed by atoms with Gasteiger partial charge in [-0.3, -0.25) is 0 Å². The van der Waals surface area contributed by atoms with Gasteiger partial charge < -0.3 is 0 Å². The molecule has 0 heterocycles. The fourth-order valence-electron chi connectivity index (χ4n) is 12.6. The van der Waals surface area contributed by atoms with Crippen LogP contribution in [0.15, 0.2) is 0 Å². The predicted molar refractivity (Wildman–Crippen MR) is 171 cm³/mol. The Labute approximate surface area is 239 Å². The minimum Gasteiger partial charge on any atom is -0.0998 e. The third-order valence-electron chi connectivity index (χ3n) is 13.5. The van der Waals surface area contributed by atoms with Crippen LogP contribution in [0.3, 0.4) is 0 Å². The van der Waals surface area contributed by atoms with Crippen molar-refractivity contribution in [3.05, 3.63) is 0 Å². The van der Waals surface area contributed by atoms with Crippen LogP contribution in [0.1, 0.15) is 167 Å². The van der Waals surface area contributed by atoms with Gasteiger partial charge in [-0.25, -0.2) is 0 Å². The van der Waals surface area contributed by atoms with Gasteiger partial charge in [-0.2, -0.15) is 0 Å². The molecule has 0 N–H and O–H groups in total. The lowest BCUT2D eigenvalue weighted by molar-refractivity contribution is -0.0883. The number of rotatable bonds is 8. The van der Waals surface area contributed by atoms with E-state index in [4.69, 9.17) is 0 Å². The van der Waals surface area contributed by atoms with Gasteiger partial charge in [0, 0.05) is 0 Å². The first-order valence-electron chi connectivity index (χ1n) is 18.2. The van der Waals surface area contributed by atoms with Crippen molar-refractivity contribution >= 4 is 15.8 Å². The van der Waals surface area contributed by atoms with Crippen molar-refractivity contribution in [2.75, 3.05) is 12.3 Å². The van der Waals surface area contributed by atoms with Gasteiger partial charge in [0.05, 0.1) is 0 Å². The highest BCUT2D eigenvalue weighted by Gasteiger charge is 2.59. The van der Waals surface area contributed by atoms with E-state index in [1.54, 1.807) is 179 Å². The van der Waals surface area contributed by atoms with Gasteiger partial charge in [0.1, 0.15) is 0 Å². The molecule has 8 aliphatic rings. The highest BCUT2D eigenvalue weighted by Crippen LogP contribution is 2.73. The first kappa shape index (κ1) is 27.7. The van der Waals surface area contributed by atoms with Crippen LogP contribution in [0.2, 0.25) is 0 Å². The molecule has 0 aromatic heterocycles. The van der Waals surface area contributed by atoms with E-state index in [9.17, 15) is 0 Å². The fourth-order valence-corrected chi connectivity index (χ4v) is 21.2. The molecule has 0 radical (unpaired) electrons. The molecule has 8 aliphatic carbocycles. The van der Waals surface area contributed by atoms with E-state index in [0.717, 1.165) is 22.7 Å². The number of hydrogen-bond donors (Lipinski definition) is 0. The maximum atomic E-state index is 1.76. The summed E-state index contributed by atoms with van der Waals surface area (Å²) in [5, 5.41) is 0. The summed E-state index contributed by atoms with van der Waals surface area (Å²) in [6.45, 7) is 0. The van der Waals surface area contributed by atoms with E-state index in [1.165, 1.54) is 22.6 Å². The molecule has 4 bridgehead atoms. The van der Waals surface area contributed by atoms with Crippen molar-refractivity contribution in [2.45, 2.75) is 190 Å². The van der Waals surface area contributed by atoms with Gasteiger partial charge in [-0.05, 0) is 148 Å². The summed E-state index contributed by atoms with van der Waals surface area (Å²) in [6.07, 6.45) is 45.5. The summed E-state index contributed by atoms with van der Waals surface area (Å²) in [4.78, 5) is 0. The van der Waals surface area contributed by atoms with Crippen LogP contribution in [0.5, 0.6) is 0 Å². The average molecular weight is 557 g/mol. The van der Waals surface area contributed by atoms with Crippen LogP contribution < -0.4 is 0 Å². The molecule has 8 saturated carbocycles. The lowest BCUT2D eigenvalue weighted by Gasteiger charge is -2.65. The van der Waals surface area contributed by atoms with Gasteiger partial charge >= 0.3 is 0 Å². The van der Waals surface area contributed by atoms with Crippen LogP contribution in [-0.4, -0.2) is 35.0 Å². The smallest absolute Gasteiger partial charge is 0.0207 e. The summed E-state index contributed by atoms with van der Waals surface area (Å²) < 4.78 is 0. The van der Waals surface area contributed by atoms with Gasteiger partial charge in [-0.15, -0.1) is 0 Å². The molecule has 0 atom stereocenters. The second kappa shape index (κ2) is 12.2. The minimum atomic E-state index is 0.280. The van der Waals surface area contributed by atoms with E-state index in [0.29, 0.717) is 0 Å². The first-order chi connectivity index (χ1) is 18.7. The minimum absolute atomic E-state index is 0.280. The standard InChI is InChI=1S/C36H62P2/c1-5-13-31(14-6-1)37(32-15-7-2-8-16-32)27-35-22-29-21-30(23-35)25-36(24-29,26-35)28-38(33-17-9-3-10-18-33)34-19-11-4-12-20-34/h29-34H,1-28H2. The molecule has 0 amide bonds. The summed E-state index contributed by atoms with van der Waals surface area (Å²) in [6, 6.07) is 0. The summed E-state index contributed by atoms with van der Waals surface area (Å²) in [5.41, 5.74) is 6.31. The molecule has 0 saturated heterocycles. The van der Waals surface area contributed by atoms with Crippen LogP contribution in [0.25, 0.3) is 0 Å². The van der Waals surface area contributed by atoms with Crippen molar-refractivity contribution in [3.63, 3.8) is 0 Å². The van der Waals surface area contributed by atoms with E-state index >= 15 is 0 Å². The van der Waals surface area contributed by atoms with E-state index in [-0.39, 0.29) is 15.8 Å². The van der Waals surface area contributed by atoms with E-state index < -0.39 is 0 Å². The fraction of sp³-hybridized carbons (Fsp3) is 1.00. The van der Waals surface area contributed by atoms with Crippen molar-refractivity contribution < 1.29 is 0 Å². The summed E-state index contributed by atoms with van der Waals surface area (Å²) >= 11 is 0. The Bertz CT molecular complexity index is 641. The highest BCUT2D eigenvalue weighted by molar-refractivity contribution is 7.59.